The molecule has 0 aliphatic rings. The Balaban J connectivity index is 1.62. The largest absolute Gasteiger partial charge is 0.496 e. The monoisotopic (exact) mass is 411 g/mol. The predicted molar refractivity (Wildman–Crippen MR) is 122 cm³/mol. The summed E-state index contributed by atoms with van der Waals surface area (Å²) in [6.07, 6.45) is 1.82. The summed E-state index contributed by atoms with van der Waals surface area (Å²) in [4.78, 5) is 13.1. The zero-order valence-electron chi connectivity index (χ0n) is 17.7. The number of nitrogens with one attached hydrogen (secondary N) is 1. The number of aryl methyl sites for hydroxylation is 1. The van der Waals surface area contributed by atoms with Gasteiger partial charge in [0.15, 0.2) is 0 Å². The van der Waals surface area contributed by atoms with Crippen LogP contribution in [0.1, 0.15) is 27.0 Å². The van der Waals surface area contributed by atoms with Crippen molar-refractivity contribution < 1.29 is 9.53 Å². The molecule has 4 rings (SSSR count). The number of amides is 1. The van der Waals surface area contributed by atoms with E-state index in [-0.39, 0.29) is 5.91 Å². The molecule has 0 spiro atoms. The minimum Gasteiger partial charge on any atom is -0.496 e. The molecule has 0 bridgehead atoms. The smallest absolute Gasteiger partial charge is 0.255 e. The van der Waals surface area contributed by atoms with Gasteiger partial charge >= 0.3 is 0 Å². The second-order valence-electron chi connectivity index (χ2n) is 7.44. The van der Waals surface area contributed by atoms with E-state index >= 15 is 0 Å². The fraction of sp³-hybridized carbons (Fsp3) is 0.154. The van der Waals surface area contributed by atoms with Crippen molar-refractivity contribution in [3.8, 4) is 17.0 Å². The van der Waals surface area contributed by atoms with Crippen LogP contribution >= 0.6 is 0 Å². The number of hydrogen-bond donors (Lipinski definition) is 1. The van der Waals surface area contributed by atoms with E-state index in [0.717, 1.165) is 28.0 Å². The molecule has 1 aromatic heterocycles. The molecule has 156 valence electrons. The first-order valence-corrected chi connectivity index (χ1v) is 10.2. The number of carbonyl (C=O) groups is 1. The van der Waals surface area contributed by atoms with Gasteiger partial charge in [-0.15, -0.1) is 0 Å². The molecule has 0 saturated carbocycles. The standard InChI is InChI=1S/C26H25N3O2/c1-19-12-14-21(15-13-19)25-23(18-29(28-25)17-20-8-4-3-5-9-20)26(30)27-16-22-10-6-7-11-24(22)31-2/h3-15,18H,16-17H2,1-2H3,(H,27,30). The Labute approximate surface area is 182 Å². The van der Waals surface area contributed by atoms with Gasteiger partial charge in [-0.3, -0.25) is 9.48 Å². The zero-order valence-corrected chi connectivity index (χ0v) is 17.7. The van der Waals surface area contributed by atoms with Crippen LogP contribution in [0.15, 0.2) is 85.1 Å². The maximum atomic E-state index is 13.1. The third-order valence-electron chi connectivity index (χ3n) is 5.15. The molecule has 0 atom stereocenters. The number of para-hydroxylation sites is 1. The van der Waals surface area contributed by atoms with Gasteiger partial charge in [0, 0.05) is 23.9 Å². The first-order chi connectivity index (χ1) is 15.1. The second-order valence-corrected chi connectivity index (χ2v) is 7.44. The summed E-state index contributed by atoms with van der Waals surface area (Å²) in [5, 5.41) is 7.76. The molecular weight excluding hydrogens is 386 g/mol. The van der Waals surface area contributed by atoms with Crippen LogP contribution in [-0.2, 0) is 13.1 Å². The lowest BCUT2D eigenvalue weighted by Gasteiger charge is -2.09. The summed E-state index contributed by atoms with van der Waals surface area (Å²) in [6.45, 7) is 3.01. The molecule has 4 aromatic rings. The van der Waals surface area contributed by atoms with Crippen LogP contribution in [-0.4, -0.2) is 22.8 Å². The highest BCUT2D eigenvalue weighted by Crippen LogP contribution is 2.24. The molecule has 0 radical (unpaired) electrons. The highest BCUT2D eigenvalue weighted by Gasteiger charge is 2.18. The molecule has 0 saturated heterocycles. The summed E-state index contributed by atoms with van der Waals surface area (Å²) < 4.78 is 7.21. The van der Waals surface area contributed by atoms with Crippen LogP contribution in [0, 0.1) is 6.92 Å². The highest BCUT2D eigenvalue weighted by atomic mass is 16.5. The number of nitrogens with zero attached hydrogens (tertiary/aromatic N) is 2. The average Bonchev–Trinajstić information content (AvgIpc) is 3.22. The highest BCUT2D eigenvalue weighted by molar-refractivity contribution is 5.99. The Morgan fingerprint density at radius 1 is 0.968 bits per heavy atom. The third kappa shape index (κ3) is 4.83. The summed E-state index contributed by atoms with van der Waals surface area (Å²) in [5.74, 6) is 0.585. The number of hydrogen-bond acceptors (Lipinski definition) is 3. The van der Waals surface area contributed by atoms with Gasteiger partial charge in [0.05, 0.1) is 19.2 Å². The molecule has 5 nitrogen and oxygen atoms in total. The molecular formula is C26H25N3O2. The number of aromatic nitrogens is 2. The topological polar surface area (TPSA) is 56.1 Å². The van der Waals surface area contributed by atoms with Crippen LogP contribution in [0.2, 0.25) is 0 Å². The summed E-state index contributed by atoms with van der Waals surface area (Å²) in [6, 6.07) is 25.8. The van der Waals surface area contributed by atoms with E-state index in [4.69, 9.17) is 9.84 Å². The van der Waals surface area contributed by atoms with Gasteiger partial charge in [0.2, 0.25) is 0 Å². The van der Waals surface area contributed by atoms with E-state index in [9.17, 15) is 4.79 Å². The molecule has 0 aliphatic heterocycles. The van der Waals surface area contributed by atoms with Crippen molar-refractivity contribution in [2.75, 3.05) is 7.11 Å². The Hall–Kier alpha value is -3.86. The molecule has 5 heteroatoms. The molecule has 0 fully saturated rings. The van der Waals surface area contributed by atoms with E-state index in [0.29, 0.717) is 24.3 Å². The first kappa shape index (κ1) is 20.4. The van der Waals surface area contributed by atoms with Crippen LogP contribution in [0.3, 0.4) is 0 Å². The molecule has 0 unspecified atom stereocenters. The van der Waals surface area contributed by atoms with Gasteiger partial charge in [0.25, 0.3) is 5.91 Å². The molecule has 1 N–H and O–H groups in total. The van der Waals surface area contributed by atoms with Gasteiger partial charge in [-0.1, -0.05) is 78.4 Å². The molecule has 1 heterocycles. The Morgan fingerprint density at radius 2 is 1.68 bits per heavy atom. The van der Waals surface area contributed by atoms with Crippen molar-refractivity contribution in [2.45, 2.75) is 20.0 Å². The Kier molecular flexibility index (Phi) is 6.13. The average molecular weight is 412 g/mol. The van der Waals surface area contributed by atoms with Crippen molar-refractivity contribution in [1.82, 2.24) is 15.1 Å². The van der Waals surface area contributed by atoms with Crippen LogP contribution in [0.25, 0.3) is 11.3 Å². The third-order valence-corrected chi connectivity index (χ3v) is 5.15. The molecule has 31 heavy (non-hydrogen) atoms. The Bertz CT molecular complexity index is 1160. The fourth-order valence-corrected chi connectivity index (χ4v) is 3.48. The quantitative estimate of drug-likeness (QED) is 0.473. The predicted octanol–water partition coefficient (Wildman–Crippen LogP) is 4.85. The van der Waals surface area contributed by atoms with Gasteiger partial charge in [-0.25, -0.2) is 0 Å². The maximum absolute atomic E-state index is 13.1. The van der Waals surface area contributed by atoms with E-state index in [1.807, 2.05) is 84.5 Å². The van der Waals surface area contributed by atoms with E-state index in [2.05, 4.69) is 17.4 Å². The second kappa shape index (κ2) is 9.30. The van der Waals surface area contributed by atoms with Crippen molar-refractivity contribution in [2.24, 2.45) is 0 Å². The number of ether oxygens (including phenoxy) is 1. The lowest BCUT2D eigenvalue weighted by atomic mass is 10.1. The lowest BCUT2D eigenvalue weighted by molar-refractivity contribution is 0.0951. The molecule has 1 amide bonds. The summed E-state index contributed by atoms with van der Waals surface area (Å²) in [5.41, 5.74) is 5.35. The number of benzene rings is 3. The number of methoxy groups -OCH3 is 1. The number of rotatable bonds is 7. The van der Waals surface area contributed by atoms with Crippen molar-refractivity contribution in [1.29, 1.82) is 0 Å². The van der Waals surface area contributed by atoms with Crippen molar-refractivity contribution in [3.63, 3.8) is 0 Å². The summed E-state index contributed by atoms with van der Waals surface area (Å²) >= 11 is 0. The maximum Gasteiger partial charge on any atom is 0.255 e. The van der Waals surface area contributed by atoms with Crippen molar-refractivity contribution >= 4 is 5.91 Å². The van der Waals surface area contributed by atoms with Gasteiger partial charge < -0.3 is 10.1 Å². The van der Waals surface area contributed by atoms with Crippen LogP contribution in [0.5, 0.6) is 5.75 Å². The normalized spacial score (nSPS) is 10.6. The number of carbonyl (C=O) groups excluding carboxylic acids is 1. The van der Waals surface area contributed by atoms with Gasteiger partial charge in [0.1, 0.15) is 11.4 Å². The summed E-state index contributed by atoms with van der Waals surface area (Å²) in [7, 11) is 1.63. The van der Waals surface area contributed by atoms with E-state index in [1.165, 1.54) is 0 Å². The lowest BCUT2D eigenvalue weighted by Crippen LogP contribution is -2.23. The van der Waals surface area contributed by atoms with Gasteiger partial charge in [-0.05, 0) is 18.6 Å². The van der Waals surface area contributed by atoms with Crippen molar-refractivity contribution in [3.05, 3.63) is 107 Å². The molecule has 0 aliphatic carbocycles. The van der Waals surface area contributed by atoms with Crippen LogP contribution in [0.4, 0.5) is 0 Å². The minimum atomic E-state index is -0.166. The first-order valence-electron chi connectivity index (χ1n) is 10.2. The van der Waals surface area contributed by atoms with E-state index < -0.39 is 0 Å². The SMILES string of the molecule is COc1ccccc1CNC(=O)c1cn(Cc2ccccc2)nc1-c1ccc(C)cc1. The molecule has 3 aromatic carbocycles. The minimum absolute atomic E-state index is 0.166. The fourth-order valence-electron chi connectivity index (χ4n) is 3.48. The van der Waals surface area contributed by atoms with Crippen LogP contribution < -0.4 is 10.1 Å². The zero-order chi connectivity index (χ0) is 21.6. The van der Waals surface area contributed by atoms with E-state index in [1.54, 1.807) is 7.11 Å². The van der Waals surface area contributed by atoms with Gasteiger partial charge in [-0.2, -0.15) is 5.10 Å². The Morgan fingerprint density at radius 3 is 2.42 bits per heavy atom.